The highest BCUT2D eigenvalue weighted by Crippen LogP contribution is 2.32. The van der Waals surface area contributed by atoms with Gasteiger partial charge in [-0.2, -0.15) is 5.10 Å². The van der Waals surface area contributed by atoms with E-state index in [0.29, 0.717) is 23.7 Å². The molecule has 30 heavy (non-hydrogen) atoms. The van der Waals surface area contributed by atoms with E-state index in [1.807, 2.05) is 29.2 Å². The molecule has 0 N–H and O–H groups in total. The quantitative estimate of drug-likeness (QED) is 0.643. The Bertz CT molecular complexity index is 1060. The first-order chi connectivity index (χ1) is 14.7. The molecule has 7 nitrogen and oxygen atoms in total. The van der Waals surface area contributed by atoms with Crippen LogP contribution in [0.2, 0.25) is 5.02 Å². The lowest BCUT2D eigenvalue weighted by Gasteiger charge is -2.34. The van der Waals surface area contributed by atoms with Crippen molar-refractivity contribution in [2.24, 2.45) is 0 Å². The topological polar surface area (TPSA) is 59.8 Å². The average Bonchev–Trinajstić information content (AvgIpc) is 3.44. The minimum Gasteiger partial charge on any atom is -0.454 e. The molecule has 1 saturated heterocycles. The predicted octanol–water partition coefficient (Wildman–Crippen LogP) is 3.21. The number of halogens is 1. The first-order valence-corrected chi connectivity index (χ1v) is 10.2. The smallest absolute Gasteiger partial charge is 0.257 e. The summed E-state index contributed by atoms with van der Waals surface area (Å²) in [7, 11) is 0. The fourth-order valence-electron chi connectivity index (χ4n) is 3.76. The van der Waals surface area contributed by atoms with Gasteiger partial charge in [-0.1, -0.05) is 17.7 Å². The first kappa shape index (κ1) is 19.0. The number of ether oxygens (including phenoxy) is 2. The summed E-state index contributed by atoms with van der Waals surface area (Å²) >= 11 is 5.94. The SMILES string of the molecule is O=C(c1cnn(-c2ccc(Cl)cc2)c1)N1CCN(Cc2ccc3c(c2)OCO3)CC1. The number of benzene rings is 2. The summed E-state index contributed by atoms with van der Waals surface area (Å²) in [4.78, 5) is 17.1. The highest BCUT2D eigenvalue weighted by Gasteiger charge is 2.24. The Kier molecular flexibility index (Phi) is 5.06. The van der Waals surface area contributed by atoms with Crippen LogP contribution in [0.1, 0.15) is 15.9 Å². The van der Waals surface area contributed by atoms with Gasteiger partial charge in [-0.25, -0.2) is 4.68 Å². The van der Waals surface area contributed by atoms with E-state index in [1.165, 1.54) is 5.56 Å². The molecule has 1 fully saturated rings. The number of nitrogens with zero attached hydrogens (tertiary/aromatic N) is 4. The second kappa shape index (κ2) is 8.01. The van der Waals surface area contributed by atoms with Crippen LogP contribution in [-0.2, 0) is 6.54 Å². The molecule has 5 rings (SSSR count). The van der Waals surface area contributed by atoms with Crippen molar-refractivity contribution in [2.75, 3.05) is 33.0 Å². The third-order valence-corrected chi connectivity index (χ3v) is 5.68. The second-order valence-electron chi connectivity index (χ2n) is 7.41. The lowest BCUT2D eigenvalue weighted by Crippen LogP contribution is -2.48. The summed E-state index contributed by atoms with van der Waals surface area (Å²) in [5.74, 6) is 1.62. The van der Waals surface area contributed by atoms with Crippen LogP contribution in [0.4, 0.5) is 0 Å². The van der Waals surface area contributed by atoms with E-state index in [-0.39, 0.29) is 12.7 Å². The lowest BCUT2D eigenvalue weighted by atomic mass is 10.1. The Morgan fingerprint density at radius 2 is 1.77 bits per heavy atom. The standard InChI is InChI=1S/C22H21ClN4O3/c23-18-2-4-19(5-3-18)27-14-17(12-24-27)22(28)26-9-7-25(8-10-26)13-16-1-6-20-21(11-16)30-15-29-20/h1-6,11-12,14H,7-10,13,15H2. The zero-order chi connectivity index (χ0) is 20.5. The van der Waals surface area contributed by atoms with E-state index >= 15 is 0 Å². The molecule has 1 aromatic heterocycles. The third kappa shape index (κ3) is 3.86. The monoisotopic (exact) mass is 424 g/mol. The van der Waals surface area contributed by atoms with Crippen LogP contribution in [0.5, 0.6) is 11.5 Å². The highest BCUT2D eigenvalue weighted by molar-refractivity contribution is 6.30. The van der Waals surface area contributed by atoms with Gasteiger partial charge in [0.25, 0.3) is 5.91 Å². The number of piperazine rings is 1. The number of carbonyl (C=O) groups is 1. The number of carbonyl (C=O) groups excluding carboxylic acids is 1. The van der Waals surface area contributed by atoms with Gasteiger partial charge in [-0.15, -0.1) is 0 Å². The number of fused-ring (bicyclic) bond motifs is 1. The normalized spacial score (nSPS) is 16.1. The highest BCUT2D eigenvalue weighted by atomic mass is 35.5. The maximum Gasteiger partial charge on any atom is 0.257 e. The molecule has 0 saturated carbocycles. The van der Waals surface area contributed by atoms with Crippen LogP contribution in [0.15, 0.2) is 54.9 Å². The van der Waals surface area contributed by atoms with E-state index in [9.17, 15) is 4.79 Å². The molecule has 0 unspecified atom stereocenters. The zero-order valence-electron chi connectivity index (χ0n) is 16.3. The van der Waals surface area contributed by atoms with E-state index in [4.69, 9.17) is 21.1 Å². The van der Waals surface area contributed by atoms with Gasteiger partial charge in [0.15, 0.2) is 11.5 Å². The minimum atomic E-state index is 0.0120. The molecule has 0 aliphatic carbocycles. The van der Waals surface area contributed by atoms with Crippen LogP contribution < -0.4 is 9.47 Å². The van der Waals surface area contributed by atoms with Crippen molar-refractivity contribution in [2.45, 2.75) is 6.54 Å². The van der Waals surface area contributed by atoms with Crippen molar-refractivity contribution < 1.29 is 14.3 Å². The van der Waals surface area contributed by atoms with Gasteiger partial charge in [-0.05, 0) is 42.0 Å². The molecule has 1 amide bonds. The molecule has 2 aliphatic heterocycles. The third-order valence-electron chi connectivity index (χ3n) is 5.42. The Hall–Kier alpha value is -3.03. The van der Waals surface area contributed by atoms with Gasteiger partial charge in [-0.3, -0.25) is 9.69 Å². The van der Waals surface area contributed by atoms with Crippen LogP contribution in [0, 0.1) is 0 Å². The molecule has 0 atom stereocenters. The van der Waals surface area contributed by atoms with Crippen LogP contribution >= 0.6 is 11.6 Å². The molecular formula is C22H21ClN4O3. The van der Waals surface area contributed by atoms with Gasteiger partial charge < -0.3 is 14.4 Å². The van der Waals surface area contributed by atoms with E-state index in [1.54, 1.807) is 29.2 Å². The lowest BCUT2D eigenvalue weighted by molar-refractivity contribution is 0.0628. The number of hydrogen-bond acceptors (Lipinski definition) is 5. The molecule has 0 bridgehead atoms. The van der Waals surface area contributed by atoms with Crippen LogP contribution in [0.3, 0.4) is 0 Å². The molecule has 2 aliphatic rings. The van der Waals surface area contributed by atoms with Gasteiger partial charge in [0.2, 0.25) is 6.79 Å². The Morgan fingerprint density at radius 1 is 1.00 bits per heavy atom. The maximum absolute atomic E-state index is 12.9. The van der Waals surface area contributed by atoms with Crippen molar-refractivity contribution in [3.8, 4) is 17.2 Å². The number of rotatable bonds is 4. The summed E-state index contributed by atoms with van der Waals surface area (Å²) in [5, 5.41) is 4.99. The molecule has 2 aromatic carbocycles. The Labute approximate surface area is 179 Å². The zero-order valence-corrected chi connectivity index (χ0v) is 17.1. The molecule has 3 heterocycles. The van der Waals surface area contributed by atoms with Crippen LogP contribution in [0.25, 0.3) is 5.69 Å². The maximum atomic E-state index is 12.9. The molecule has 0 radical (unpaired) electrons. The van der Waals surface area contributed by atoms with Crippen molar-refractivity contribution in [1.29, 1.82) is 0 Å². The fraction of sp³-hybridized carbons (Fsp3) is 0.273. The van der Waals surface area contributed by atoms with Gasteiger partial charge in [0.05, 0.1) is 17.4 Å². The van der Waals surface area contributed by atoms with E-state index in [2.05, 4.69) is 16.1 Å². The molecule has 3 aromatic rings. The van der Waals surface area contributed by atoms with Crippen molar-refractivity contribution in [1.82, 2.24) is 19.6 Å². The second-order valence-corrected chi connectivity index (χ2v) is 7.84. The molecular weight excluding hydrogens is 404 g/mol. The molecule has 8 heteroatoms. The Balaban J connectivity index is 1.18. The number of aromatic nitrogens is 2. The van der Waals surface area contributed by atoms with E-state index in [0.717, 1.165) is 36.8 Å². The molecule has 0 spiro atoms. The van der Waals surface area contributed by atoms with E-state index < -0.39 is 0 Å². The Morgan fingerprint density at radius 3 is 2.57 bits per heavy atom. The average molecular weight is 425 g/mol. The fourth-order valence-corrected chi connectivity index (χ4v) is 3.88. The first-order valence-electron chi connectivity index (χ1n) is 9.86. The summed E-state index contributed by atoms with van der Waals surface area (Å²) in [6, 6.07) is 13.4. The van der Waals surface area contributed by atoms with Crippen LogP contribution in [-0.4, -0.2) is 58.5 Å². The number of hydrogen-bond donors (Lipinski definition) is 0. The van der Waals surface area contributed by atoms with Crippen molar-refractivity contribution >= 4 is 17.5 Å². The summed E-state index contributed by atoms with van der Waals surface area (Å²) in [5.41, 5.74) is 2.64. The summed E-state index contributed by atoms with van der Waals surface area (Å²) in [6.07, 6.45) is 3.39. The minimum absolute atomic E-state index is 0.0120. The number of amides is 1. The van der Waals surface area contributed by atoms with Crippen molar-refractivity contribution in [3.05, 3.63) is 71.0 Å². The van der Waals surface area contributed by atoms with Gasteiger partial charge in [0.1, 0.15) is 0 Å². The summed E-state index contributed by atoms with van der Waals surface area (Å²) in [6.45, 7) is 4.14. The summed E-state index contributed by atoms with van der Waals surface area (Å²) < 4.78 is 12.5. The molecule has 154 valence electrons. The predicted molar refractivity (Wildman–Crippen MR) is 112 cm³/mol. The van der Waals surface area contributed by atoms with Crippen molar-refractivity contribution in [3.63, 3.8) is 0 Å². The van der Waals surface area contributed by atoms with Gasteiger partial charge in [0, 0.05) is 43.9 Å². The van der Waals surface area contributed by atoms with Gasteiger partial charge >= 0.3 is 0 Å². The largest absolute Gasteiger partial charge is 0.454 e.